The quantitative estimate of drug-likeness (QED) is 0.713. The van der Waals surface area contributed by atoms with Gasteiger partial charge in [-0.05, 0) is 75.4 Å². The van der Waals surface area contributed by atoms with Crippen molar-refractivity contribution in [2.45, 2.75) is 51.5 Å². The van der Waals surface area contributed by atoms with E-state index in [1.54, 1.807) is 39.0 Å². The zero-order valence-corrected chi connectivity index (χ0v) is 19.3. The van der Waals surface area contributed by atoms with Gasteiger partial charge < -0.3 is 10.1 Å². The van der Waals surface area contributed by atoms with Gasteiger partial charge in [0.05, 0.1) is 17.6 Å². The van der Waals surface area contributed by atoms with Crippen molar-refractivity contribution in [3.8, 4) is 0 Å². The van der Waals surface area contributed by atoms with Crippen LogP contribution in [0.5, 0.6) is 0 Å². The molecule has 1 aliphatic rings. The van der Waals surface area contributed by atoms with Gasteiger partial charge in [-0.15, -0.1) is 0 Å². The van der Waals surface area contributed by atoms with Gasteiger partial charge in [0.1, 0.15) is 6.04 Å². The van der Waals surface area contributed by atoms with E-state index in [1.807, 2.05) is 19.1 Å². The van der Waals surface area contributed by atoms with Gasteiger partial charge in [0.15, 0.2) is 0 Å². The molecule has 8 heteroatoms. The number of carbonyl (C=O) groups excluding carboxylic acids is 2. The second-order valence-corrected chi connectivity index (χ2v) is 9.84. The minimum Gasteiger partial charge on any atom is -0.465 e. The van der Waals surface area contributed by atoms with Crippen LogP contribution in [0, 0.1) is 27.7 Å². The van der Waals surface area contributed by atoms with Crippen LogP contribution in [0.4, 0.5) is 5.69 Å². The predicted octanol–water partition coefficient (Wildman–Crippen LogP) is 3.50. The highest BCUT2D eigenvalue weighted by atomic mass is 32.2. The van der Waals surface area contributed by atoms with E-state index in [-0.39, 0.29) is 10.8 Å². The number of carbonyl (C=O) groups is 2. The van der Waals surface area contributed by atoms with Gasteiger partial charge in [0.25, 0.3) is 0 Å². The molecule has 0 aromatic heterocycles. The van der Waals surface area contributed by atoms with Gasteiger partial charge in [-0.25, -0.2) is 13.2 Å². The number of nitrogens with one attached hydrogen (secondary N) is 1. The van der Waals surface area contributed by atoms with Crippen molar-refractivity contribution in [1.29, 1.82) is 0 Å². The molecule has 0 radical (unpaired) electrons. The van der Waals surface area contributed by atoms with Gasteiger partial charge in [0, 0.05) is 12.2 Å². The van der Waals surface area contributed by atoms with Gasteiger partial charge >= 0.3 is 5.97 Å². The summed E-state index contributed by atoms with van der Waals surface area (Å²) in [4.78, 5) is 25.0. The van der Waals surface area contributed by atoms with Crippen LogP contribution >= 0.6 is 0 Å². The Morgan fingerprint density at radius 1 is 1.03 bits per heavy atom. The Labute approximate surface area is 183 Å². The number of amides is 1. The fourth-order valence-electron chi connectivity index (χ4n) is 4.25. The summed E-state index contributed by atoms with van der Waals surface area (Å²) in [6.45, 7) is 7.56. The van der Waals surface area contributed by atoms with E-state index in [4.69, 9.17) is 4.74 Å². The van der Waals surface area contributed by atoms with E-state index in [9.17, 15) is 18.0 Å². The number of anilines is 1. The van der Waals surface area contributed by atoms with Crippen molar-refractivity contribution in [3.05, 3.63) is 58.1 Å². The molecule has 31 heavy (non-hydrogen) atoms. The zero-order valence-electron chi connectivity index (χ0n) is 18.5. The summed E-state index contributed by atoms with van der Waals surface area (Å²) < 4.78 is 33.0. The van der Waals surface area contributed by atoms with E-state index >= 15 is 0 Å². The fraction of sp³-hybridized carbons (Fsp3) is 0.391. The number of rotatable bonds is 5. The summed E-state index contributed by atoms with van der Waals surface area (Å²) in [6.07, 6.45) is 1.07. The van der Waals surface area contributed by atoms with Crippen LogP contribution in [-0.4, -0.2) is 44.3 Å². The summed E-state index contributed by atoms with van der Waals surface area (Å²) >= 11 is 0. The number of methoxy groups -OCH3 is 1. The van der Waals surface area contributed by atoms with Crippen molar-refractivity contribution < 1.29 is 22.7 Å². The van der Waals surface area contributed by atoms with E-state index in [0.717, 1.165) is 5.56 Å². The minimum atomic E-state index is -3.82. The lowest BCUT2D eigenvalue weighted by Gasteiger charge is -2.25. The van der Waals surface area contributed by atoms with Crippen LogP contribution in [-0.2, 0) is 19.6 Å². The number of hydrogen-bond acceptors (Lipinski definition) is 5. The third-order valence-corrected chi connectivity index (χ3v) is 7.80. The highest BCUT2D eigenvalue weighted by Gasteiger charge is 2.40. The van der Waals surface area contributed by atoms with E-state index in [0.29, 0.717) is 47.3 Å². The van der Waals surface area contributed by atoms with Crippen LogP contribution in [0.1, 0.15) is 45.5 Å². The Hall–Kier alpha value is -2.71. The molecule has 1 atom stereocenters. The number of sulfonamides is 1. The Morgan fingerprint density at radius 3 is 2.26 bits per heavy atom. The SMILES string of the molecule is COC(=O)c1ccc(NC(=O)C2CCCN2S(=O)(=O)c2c(C)cc(C)cc2C)c(C)c1. The third-order valence-electron chi connectivity index (χ3n) is 5.58. The highest BCUT2D eigenvalue weighted by Crippen LogP contribution is 2.31. The van der Waals surface area contributed by atoms with Crippen LogP contribution in [0.3, 0.4) is 0 Å². The largest absolute Gasteiger partial charge is 0.465 e. The Balaban J connectivity index is 1.87. The van der Waals surface area contributed by atoms with Gasteiger partial charge in [-0.2, -0.15) is 4.31 Å². The van der Waals surface area contributed by atoms with Crippen molar-refractivity contribution in [3.63, 3.8) is 0 Å². The monoisotopic (exact) mass is 444 g/mol. The molecular weight excluding hydrogens is 416 g/mol. The number of hydrogen-bond donors (Lipinski definition) is 1. The zero-order chi connectivity index (χ0) is 22.9. The van der Waals surface area contributed by atoms with Crippen LogP contribution in [0.2, 0.25) is 0 Å². The molecule has 2 aromatic rings. The molecule has 7 nitrogen and oxygen atoms in total. The molecule has 1 unspecified atom stereocenters. The second-order valence-electron chi connectivity index (χ2n) is 8.01. The Morgan fingerprint density at radius 2 is 1.68 bits per heavy atom. The lowest BCUT2D eigenvalue weighted by molar-refractivity contribution is -0.119. The molecular formula is C23H28N2O5S. The Kier molecular flexibility index (Phi) is 6.52. The second kappa shape index (κ2) is 8.80. The molecule has 166 valence electrons. The van der Waals surface area contributed by atoms with Crippen molar-refractivity contribution in [1.82, 2.24) is 4.31 Å². The molecule has 0 bridgehead atoms. The first-order chi connectivity index (χ1) is 14.6. The highest BCUT2D eigenvalue weighted by molar-refractivity contribution is 7.89. The molecule has 1 saturated heterocycles. The summed E-state index contributed by atoms with van der Waals surface area (Å²) in [5.74, 6) is -0.838. The van der Waals surface area contributed by atoms with Crippen molar-refractivity contribution in [2.75, 3.05) is 19.0 Å². The molecule has 0 aliphatic carbocycles. The van der Waals surface area contributed by atoms with E-state index in [2.05, 4.69) is 5.32 Å². The average Bonchev–Trinajstić information content (AvgIpc) is 3.18. The molecule has 0 spiro atoms. The molecule has 1 heterocycles. The molecule has 0 saturated carbocycles. The summed E-state index contributed by atoms with van der Waals surface area (Å²) in [7, 11) is -2.52. The third kappa shape index (κ3) is 4.50. The molecule has 1 amide bonds. The maximum atomic E-state index is 13.5. The molecule has 1 N–H and O–H groups in total. The molecule has 3 rings (SSSR count). The van der Waals surface area contributed by atoms with Gasteiger partial charge in [0.2, 0.25) is 15.9 Å². The van der Waals surface area contributed by atoms with Gasteiger partial charge in [-0.3, -0.25) is 4.79 Å². The average molecular weight is 445 g/mol. The number of aryl methyl sites for hydroxylation is 4. The fourth-order valence-corrected chi connectivity index (χ4v) is 6.32. The molecule has 1 aliphatic heterocycles. The minimum absolute atomic E-state index is 0.274. The Bertz CT molecular complexity index is 1120. The van der Waals surface area contributed by atoms with Crippen LogP contribution in [0.15, 0.2) is 35.2 Å². The summed E-state index contributed by atoms with van der Waals surface area (Å²) in [6, 6.07) is 7.72. The van der Waals surface area contributed by atoms with Crippen LogP contribution in [0.25, 0.3) is 0 Å². The molecule has 1 fully saturated rings. The molecule has 2 aromatic carbocycles. The lowest BCUT2D eigenvalue weighted by atomic mass is 10.1. The lowest BCUT2D eigenvalue weighted by Crippen LogP contribution is -2.43. The maximum absolute atomic E-state index is 13.5. The first-order valence-corrected chi connectivity index (χ1v) is 11.6. The summed E-state index contributed by atoms with van der Waals surface area (Å²) in [5.41, 5.74) is 3.96. The van der Waals surface area contributed by atoms with E-state index < -0.39 is 22.0 Å². The number of nitrogens with zero attached hydrogens (tertiary/aromatic N) is 1. The maximum Gasteiger partial charge on any atom is 0.337 e. The van der Waals surface area contributed by atoms with Gasteiger partial charge in [-0.1, -0.05) is 17.7 Å². The van der Waals surface area contributed by atoms with Crippen molar-refractivity contribution in [2.24, 2.45) is 0 Å². The summed E-state index contributed by atoms with van der Waals surface area (Å²) in [5, 5.41) is 2.83. The number of esters is 1. The van der Waals surface area contributed by atoms with Crippen LogP contribution < -0.4 is 5.32 Å². The first-order valence-electron chi connectivity index (χ1n) is 10.2. The predicted molar refractivity (Wildman–Crippen MR) is 119 cm³/mol. The normalized spacial score (nSPS) is 16.9. The number of benzene rings is 2. The standard InChI is InChI=1S/C23H28N2O5S/c1-14-11-16(3)21(17(4)12-14)31(28,29)25-10-6-7-20(25)22(26)24-19-9-8-18(13-15(19)2)23(27)30-5/h8-9,11-13,20H,6-7,10H2,1-5H3,(H,24,26). The topological polar surface area (TPSA) is 92.8 Å². The van der Waals surface area contributed by atoms with Crippen molar-refractivity contribution >= 4 is 27.6 Å². The van der Waals surface area contributed by atoms with E-state index in [1.165, 1.54) is 11.4 Å². The number of ether oxygens (including phenoxy) is 1. The first kappa shape index (κ1) is 23.0. The smallest absolute Gasteiger partial charge is 0.337 e.